The van der Waals surface area contributed by atoms with E-state index in [0.29, 0.717) is 17.5 Å². The number of halogens is 1. The number of rotatable bonds is 3. The largest absolute Gasteiger partial charge is 0.494 e. The summed E-state index contributed by atoms with van der Waals surface area (Å²) in [7, 11) is 1.41. The molecule has 5 nitrogen and oxygen atoms in total. The highest BCUT2D eigenvalue weighted by Crippen LogP contribution is 2.22. The van der Waals surface area contributed by atoms with Gasteiger partial charge in [0.2, 0.25) is 5.95 Å². The SMILES string of the molecule is COc1ccc(Nc2nccc(N)n2)cc1F. The summed E-state index contributed by atoms with van der Waals surface area (Å²) in [4.78, 5) is 7.89. The number of anilines is 3. The lowest BCUT2D eigenvalue weighted by Gasteiger charge is -2.07. The van der Waals surface area contributed by atoms with Crippen LogP contribution < -0.4 is 15.8 Å². The minimum absolute atomic E-state index is 0.184. The lowest BCUT2D eigenvalue weighted by Crippen LogP contribution is -2.00. The fourth-order valence-corrected chi connectivity index (χ4v) is 1.31. The molecule has 0 bridgehead atoms. The molecule has 6 heteroatoms. The highest BCUT2D eigenvalue weighted by atomic mass is 19.1. The third-order valence-corrected chi connectivity index (χ3v) is 2.09. The van der Waals surface area contributed by atoms with Crippen LogP contribution in [0.3, 0.4) is 0 Å². The van der Waals surface area contributed by atoms with Gasteiger partial charge in [-0.05, 0) is 18.2 Å². The number of nitrogens with one attached hydrogen (secondary N) is 1. The fourth-order valence-electron chi connectivity index (χ4n) is 1.31. The summed E-state index contributed by atoms with van der Waals surface area (Å²) in [5.41, 5.74) is 6.02. The van der Waals surface area contributed by atoms with Crippen molar-refractivity contribution in [2.45, 2.75) is 0 Å². The summed E-state index contributed by atoms with van der Waals surface area (Å²) in [6.45, 7) is 0. The third kappa shape index (κ3) is 2.60. The lowest BCUT2D eigenvalue weighted by atomic mass is 10.3. The van der Waals surface area contributed by atoms with Gasteiger partial charge in [0.05, 0.1) is 7.11 Å². The number of methoxy groups -OCH3 is 1. The molecule has 0 fully saturated rings. The van der Waals surface area contributed by atoms with Crippen molar-refractivity contribution >= 4 is 17.5 Å². The second kappa shape index (κ2) is 4.65. The fraction of sp³-hybridized carbons (Fsp3) is 0.0909. The highest BCUT2D eigenvalue weighted by molar-refractivity contribution is 5.55. The maximum absolute atomic E-state index is 13.4. The summed E-state index contributed by atoms with van der Waals surface area (Å²) >= 11 is 0. The minimum atomic E-state index is -0.457. The van der Waals surface area contributed by atoms with Crippen LogP contribution in [0.4, 0.5) is 21.8 Å². The molecule has 17 heavy (non-hydrogen) atoms. The van der Waals surface area contributed by atoms with Crippen LogP contribution >= 0.6 is 0 Å². The first-order valence-electron chi connectivity index (χ1n) is 4.88. The van der Waals surface area contributed by atoms with Gasteiger partial charge in [-0.3, -0.25) is 0 Å². The smallest absolute Gasteiger partial charge is 0.229 e. The van der Waals surface area contributed by atoms with E-state index in [-0.39, 0.29) is 5.75 Å². The van der Waals surface area contributed by atoms with Crippen LogP contribution in [0.1, 0.15) is 0 Å². The molecule has 0 saturated heterocycles. The number of nitrogens with zero attached hydrogens (tertiary/aromatic N) is 2. The van der Waals surface area contributed by atoms with Gasteiger partial charge in [-0.1, -0.05) is 0 Å². The summed E-state index contributed by atoms with van der Waals surface area (Å²) < 4.78 is 18.2. The topological polar surface area (TPSA) is 73.1 Å². The molecule has 0 spiro atoms. The van der Waals surface area contributed by atoms with E-state index in [4.69, 9.17) is 10.5 Å². The maximum atomic E-state index is 13.4. The van der Waals surface area contributed by atoms with Crippen molar-refractivity contribution in [3.8, 4) is 5.75 Å². The molecule has 1 heterocycles. The van der Waals surface area contributed by atoms with Crippen LogP contribution in [0.2, 0.25) is 0 Å². The van der Waals surface area contributed by atoms with E-state index < -0.39 is 5.82 Å². The van der Waals surface area contributed by atoms with Crippen LogP contribution in [0, 0.1) is 5.82 Å². The molecule has 0 atom stereocenters. The van der Waals surface area contributed by atoms with Gasteiger partial charge in [0.1, 0.15) is 5.82 Å². The van der Waals surface area contributed by atoms with E-state index in [1.54, 1.807) is 12.1 Å². The zero-order chi connectivity index (χ0) is 12.3. The molecule has 2 aromatic rings. The molecular formula is C11H11FN4O. The highest BCUT2D eigenvalue weighted by Gasteiger charge is 2.04. The average Bonchev–Trinajstić information content (AvgIpc) is 2.29. The van der Waals surface area contributed by atoms with Crippen molar-refractivity contribution in [3.63, 3.8) is 0 Å². The molecule has 0 aliphatic rings. The molecule has 0 unspecified atom stereocenters. The number of hydrogen-bond acceptors (Lipinski definition) is 5. The first-order chi connectivity index (χ1) is 8.19. The molecule has 0 amide bonds. The monoisotopic (exact) mass is 234 g/mol. The van der Waals surface area contributed by atoms with Gasteiger partial charge in [-0.25, -0.2) is 9.37 Å². The Bertz CT molecular complexity index is 533. The Balaban J connectivity index is 2.22. The summed E-state index contributed by atoms with van der Waals surface area (Å²) in [6, 6.07) is 6.05. The van der Waals surface area contributed by atoms with Crippen molar-refractivity contribution in [2.75, 3.05) is 18.2 Å². The summed E-state index contributed by atoms with van der Waals surface area (Å²) in [5.74, 6) is 0.386. The van der Waals surface area contributed by atoms with Gasteiger partial charge in [0.25, 0.3) is 0 Å². The van der Waals surface area contributed by atoms with Gasteiger partial charge >= 0.3 is 0 Å². The Morgan fingerprint density at radius 3 is 2.82 bits per heavy atom. The van der Waals surface area contributed by atoms with Gasteiger partial charge < -0.3 is 15.8 Å². The Morgan fingerprint density at radius 2 is 2.18 bits per heavy atom. The van der Waals surface area contributed by atoms with Crippen molar-refractivity contribution < 1.29 is 9.13 Å². The molecular weight excluding hydrogens is 223 g/mol. The molecule has 0 aliphatic heterocycles. The Kier molecular flexibility index (Phi) is 3.04. The van der Waals surface area contributed by atoms with Crippen molar-refractivity contribution in [1.82, 2.24) is 9.97 Å². The molecule has 1 aromatic heterocycles. The van der Waals surface area contributed by atoms with Crippen molar-refractivity contribution in [1.29, 1.82) is 0 Å². The molecule has 1 aromatic carbocycles. The van der Waals surface area contributed by atoms with E-state index >= 15 is 0 Å². The van der Waals surface area contributed by atoms with Gasteiger partial charge in [-0.15, -0.1) is 0 Å². The number of benzene rings is 1. The summed E-state index contributed by atoms with van der Waals surface area (Å²) in [6.07, 6.45) is 1.52. The maximum Gasteiger partial charge on any atom is 0.229 e. The van der Waals surface area contributed by atoms with Crippen LogP contribution in [-0.4, -0.2) is 17.1 Å². The molecule has 3 N–H and O–H groups in total. The van der Waals surface area contributed by atoms with Crippen LogP contribution in [-0.2, 0) is 0 Å². The van der Waals surface area contributed by atoms with E-state index in [2.05, 4.69) is 15.3 Å². The zero-order valence-corrected chi connectivity index (χ0v) is 9.14. The second-order valence-electron chi connectivity index (χ2n) is 3.28. The second-order valence-corrected chi connectivity index (χ2v) is 3.28. The van der Waals surface area contributed by atoms with Crippen LogP contribution in [0.15, 0.2) is 30.5 Å². The number of nitrogens with two attached hydrogens (primary N) is 1. The number of ether oxygens (including phenoxy) is 1. The molecule has 88 valence electrons. The predicted octanol–water partition coefficient (Wildman–Crippen LogP) is 1.95. The molecule has 0 aliphatic carbocycles. The number of aromatic nitrogens is 2. The van der Waals surface area contributed by atoms with E-state index in [0.717, 1.165) is 0 Å². The molecule has 2 rings (SSSR count). The van der Waals surface area contributed by atoms with Gasteiger partial charge in [0, 0.05) is 18.0 Å². The Morgan fingerprint density at radius 1 is 1.35 bits per heavy atom. The Hall–Kier alpha value is -2.37. The Labute approximate surface area is 97.5 Å². The average molecular weight is 234 g/mol. The summed E-state index contributed by atoms with van der Waals surface area (Å²) in [5, 5.41) is 2.84. The van der Waals surface area contributed by atoms with Crippen molar-refractivity contribution in [3.05, 3.63) is 36.3 Å². The van der Waals surface area contributed by atoms with E-state index in [9.17, 15) is 4.39 Å². The van der Waals surface area contributed by atoms with Crippen LogP contribution in [0.5, 0.6) is 5.75 Å². The van der Waals surface area contributed by atoms with E-state index in [1.165, 1.54) is 25.4 Å². The lowest BCUT2D eigenvalue weighted by molar-refractivity contribution is 0.386. The zero-order valence-electron chi connectivity index (χ0n) is 9.14. The predicted molar refractivity (Wildman–Crippen MR) is 62.7 cm³/mol. The standard InChI is InChI=1S/C11H11FN4O/c1-17-9-3-2-7(6-8(9)12)15-11-14-5-4-10(13)16-11/h2-6H,1H3,(H3,13,14,15,16). The molecule has 0 radical (unpaired) electrons. The third-order valence-electron chi connectivity index (χ3n) is 2.09. The van der Waals surface area contributed by atoms with E-state index in [1.807, 2.05) is 0 Å². The number of hydrogen-bond donors (Lipinski definition) is 2. The minimum Gasteiger partial charge on any atom is -0.494 e. The van der Waals surface area contributed by atoms with Gasteiger partial charge in [0.15, 0.2) is 11.6 Å². The van der Waals surface area contributed by atoms with Crippen molar-refractivity contribution in [2.24, 2.45) is 0 Å². The quantitative estimate of drug-likeness (QED) is 0.849. The first kappa shape index (κ1) is 11.1. The van der Waals surface area contributed by atoms with Crippen LogP contribution in [0.25, 0.3) is 0 Å². The molecule has 0 saturated carbocycles. The first-order valence-corrected chi connectivity index (χ1v) is 4.88. The van der Waals surface area contributed by atoms with Gasteiger partial charge in [-0.2, -0.15) is 4.98 Å². The normalized spacial score (nSPS) is 10.0. The number of nitrogen functional groups attached to an aromatic ring is 1.